The highest BCUT2D eigenvalue weighted by Gasteiger charge is 2.47. The second-order valence-corrected chi connectivity index (χ2v) is 9.28. The molecule has 2 aliphatic heterocycles. The lowest BCUT2D eigenvalue weighted by Gasteiger charge is -2.43. The predicted molar refractivity (Wildman–Crippen MR) is 121 cm³/mol. The number of rotatable bonds is 4. The van der Waals surface area contributed by atoms with E-state index >= 15 is 4.39 Å². The van der Waals surface area contributed by atoms with Gasteiger partial charge in [0.15, 0.2) is 5.82 Å². The molecule has 2 fully saturated rings. The molecule has 0 saturated carbocycles. The fraction of sp³-hybridized carbons (Fsp3) is 0.478. The Morgan fingerprint density at radius 2 is 1.97 bits per heavy atom. The van der Waals surface area contributed by atoms with Gasteiger partial charge < -0.3 is 10.0 Å². The Labute approximate surface area is 197 Å². The maximum Gasteiger partial charge on any atom is 0.406 e. The molecule has 2 bridgehead atoms. The van der Waals surface area contributed by atoms with Crippen LogP contribution in [0.4, 0.5) is 23.4 Å². The number of fused-ring (bicyclic) bond motifs is 3. The largest absolute Gasteiger partial charge is 0.507 e. The number of nitrogens with zero attached hydrogens (tertiary/aromatic N) is 6. The predicted octanol–water partition coefficient (Wildman–Crippen LogP) is 3.13. The van der Waals surface area contributed by atoms with Crippen molar-refractivity contribution in [3.8, 4) is 17.0 Å². The number of phenols is 1. The van der Waals surface area contributed by atoms with Crippen LogP contribution in [0.3, 0.4) is 0 Å². The molecule has 3 aromatic rings. The van der Waals surface area contributed by atoms with Gasteiger partial charge in [0.1, 0.15) is 18.5 Å². The van der Waals surface area contributed by atoms with Crippen LogP contribution in [0.15, 0.2) is 35.4 Å². The molecule has 2 unspecified atom stereocenters. The van der Waals surface area contributed by atoms with E-state index in [0.717, 1.165) is 25.2 Å². The van der Waals surface area contributed by atoms with Crippen molar-refractivity contribution in [2.45, 2.75) is 56.3 Å². The molecular weight excluding hydrogens is 468 g/mol. The van der Waals surface area contributed by atoms with E-state index in [-0.39, 0.29) is 40.0 Å². The highest BCUT2D eigenvalue weighted by Crippen LogP contribution is 2.39. The van der Waals surface area contributed by atoms with Gasteiger partial charge in [-0.25, -0.2) is 9.37 Å². The van der Waals surface area contributed by atoms with Crippen molar-refractivity contribution in [3.63, 3.8) is 0 Å². The van der Waals surface area contributed by atoms with Gasteiger partial charge in [0, 0.05) is 24.7 Å². The summed E-state index contributed by atoms with van der Waals surface area (Å²) in [6, 6.07) is 5.67. The second-order valence-electron chi connectivity index (χ2n) is 9.28. The molecule has 186 valence electrons. The van der Waals surface area contributed by atoms with Crippen LogP contribution >= 0.6 is 0 Å². The lowest BCUT2D eigenvalue weighted by atomic mass is 9.95. The summed E-state index contributed by atoms with van der Waals surface area (Å²) in [6.07, 6.45) is -2.26. The fourth-order valence-electron chi connectivity index (χ4n) is 5.28. The summed E-state index contributed by atoms with van der Waals surface area (Å²) >= 11 is 0. The van der Waals surface area contributed by atoms with E-state index < -0.39 is 24.5 Å². The van der Waals surface area contributed by atoms with Gasteiger partial charge in [0.05, 0.1) is 29.0 Å². The zero-order valence-corrected chi connectivity index (χ0v) is 19.1. The number of hydrogen-bond donors (Lipinski definition) is 1. The Hall–Kier alpha value is -3.28. The number of hydrogen-bond acceptors (Lipinski definition) is 7. The first kappa shape index (κ1) is 23.5. The van der Waals surface area contributed by atoms with E-state index in [1.807, 2.05) is 7.05 Å². The molecule has 2 saturated heterocycles. The third-order valence-corrected chi connectivity index (χ3v) is 7.22. The minimum Gasteiger partial charge on any atom is -0.507 e. The lowest BCUT2D eigenvalue weighted by Crippen LogP contribution is -2.56. The Kier molecular flexibility index (Phi) is 5.65. The topological polar surface area (TPSA) is 87.4 Å². The van der Waals surface area contributed by atoms with Crippen LogP contribution in [0.1, 0.15) is 19.3 Å². The molecule has 2 aromatic heterocycles. The van der Waals surface area contributed by atoms with E-state index in [1.165, 1.54) is 6.07 Å². The van der Waals surface area contributed by atoms with E-state index in [2.05, 4.69) is 20.1 Å². The molecule has 1 aromatic carbocycles. The molecule has 0 radical (unpaired) electrons. The SMILES string of the molecule is CN1C2CCC1[C@@H](F)[C@@H](N(C)c1ccc(-c3cc4ncn(CC(F)(F)F)c(=O)c4cc3O)nn1)C2. The summed E-state index contributed by atoms with van der Waals surface area (Å²) in [5.74, 6) is 0.145. The molecule has 2 aliphatic rings. The normalized spacial score (nSPS) is 24.7. The monoisotopic (exact) mass is 492 g/mol. The first-order valence-electron chi connectivity index (χ1n) is 11.3. The summed E-state index contributed by atoms with van der Waals surface area (Å²) in [5.41, 5.74) is -0.292. The van der Waals surface area contributed by atoms with Crippen LogP contribution in [0.25, 0.3) is 22.2 Å². The van der Waals surface area contributed by atoms with E-state index in [0.29, 0.717) is 22.8 Å². The third-order valence-electron chi connectivity index (χ3n) is 7.22. The van der Waals surface area contributed by atoms with Gasteiger partial charge in [0.2, 0.25) is 0 Å². The van der Waals surface area contributed by atoms with Gasteiger partial charge in [-0.2, -0.15) is 13.2 Å². The molecule has 4 heterocycles. The lowest BCUT2D eigenvalue weighted by molar-refractivity contribution is -0.141. The fourth-order valence-corrected chi connectivity index (χ4v) is 5.28. The third kappa shape index (κ3) is 4.19. The van der Waals surface area contributed by atoms with Gasteiger partial charge in [0.25, 0.3) is 5.56 Å². The summed E-state index contributed by atoms with van der Waals surface area (Å²) in [6.45, 7) is -1.48. The van der Waals surface area contributed by atoms with Crippen LogP contribution in [0.2, 0.25) is 0 Å². The van der Waals surface area contributed by atoms with Crippen molar-refractivity contribution in [1.82, 2.24) is 24.6 Å². The highest BCUT2D eigenvalue weighted by atomic mass is 19.4. The smallest absolute Gasteiger partial charge is 0.406 e. The molecule has 0 amide bonds. The number of aromatic nitrogens is 4. The number of piperidine rings is 1. The van der Waals surface area contributed by atoms with Crippen molar-refractivity contribution in [3.05, 3.63) is 40.9 Å². The minimum atomic E-state index is -4.58. The van der Waals surface area contributed by atoms with Gasteiger partial charge in [-0.05, 0) is 50.6 Å². The zero-order chi connectivity index (χ0) is 25.1. The average Bonchev–Trinajstić information content (AvgIpc) is 3.07. The van der Waals surface area contributed by atoms with E-state index in [9.17, 15) is 23.1 Å². The summed E-state index contributed by atoms with van der Waals surface area (Å²) in [4.78, 5) is 20.3. The van der Waals surface area contributed by atoms with Crippen molar-refractivity contribution in [2.24, 2.45) is 0 Å². The number of aromatic hydroxyl groups is 1. The summed E-state index contributed by atoms with van der Waals surface area (Å²) in [5, 5.41) is 18.7. The minimum absolute atomic E-state index is 0.101. The van der Waals surface area contributed by atoms with E-state index in [1.54, 1.807) is 24.1 Å². The molecule has 4 atom stereocenters. The van der Waals surface area contributed by atoms with Crippen LogP contribution < -0.4 is 10.5 Å². The Balaban J connectivity index is 1.41. The molecule has 5 rings (SSSR count). The van der Waals surface area contributed by atoms with Crippen molar-refractivity contribution in [2.75, 3.05) is 19.0 Å². The van der Waals surface area contributed by atoms with E-state index in [4.69, 9.17) is 0 Å². The molecule has 0 spiro atoms. The number of halogens is 4. The zero-order valence-electron chi connectivity index (χ0n) is 19.1. The number of benzene rings is 1. The van der Waals surface area contributed by atoms with Crippen molar-refractivity contribution in [1.29, 1.82) is 0 Å². The number of phenolic OH excluding ortho intramolecular Hbond substituents is 1. The van der Waals surface area contributed by atoms with Gasteiger partial charge in [-0.15, -0.1) is 10.2 Å². The molecule has 8 nitrogen and oxygen atoms in total. The van der Waals surface area contributed by atoms with Gasteiger partial charge in [-0.1, -0.05) is 0 Å². The van der Waals surface area contributed by atoms with Crippen molar-refractivity contribution < 1.29 is 22.7 Å². The first-order valence-corrected chi connectivity index (χ1v) is 11.3. The second kappa shape index (κ2) is 8.43. The standard InChI is InChI=1S/C23H24F4N6O2/c1-31-12-3-5-17(31)21(24)18(7-12)32(2)20-6-4-15(29-30-20)13-8-16-14(9-19(13)34)22(35)33(11-28-16)10-23(25,26)27/h4,6,8-9,11-12,17-18,21,34H,3,5,7,10H2,1-2H3/t12?,17?,18-,21+/m0/s1. The molecule has 12 heteroatoms. The highest BCUT2D eigenvalue weighted by molar-refractivity contribution is 5.86. The van der Waals surface area contributed by atoms with Gasteiger partial charge in [-0.3, -0.25) is 14.3 Å². The number of anilines is 1. The number of alkyl halides is 4. The Bertz CT molecular complexity index is 1310. The summed E-state index contributed by atoms with van der Waals surface area (Å²) < 4.78 is 53.7. The van der Waals surface area contributed by atoms with Gasteiger partial charge >= 0.3 is 6.18 Å². The molecule has 1 N–H and O–H groups in total. The van der Waals surface area contributed by atoms with Crippen molar-refractivity contribution >= 4 is 16.7 Å². The maximum atomic E-state index is 15.2. The molecule has 0 aliphatic carbocycles. The summed E-state index contributed by atoms with van der Waals surface area (Å²) in [7, 11) is 3.76. The van der Waals surface area contributed by atoms with Crippen LogP contribution in [0, 0.1) is 0 Å². The molecule has 35 heavy (non-hydrogen) atoms. The maximum absolute atomic E-state index is 15.2. The van der Waals surface area contributed by atoms with Crippen LogP contribution in [-0.4, -0.2) is 74.3 Å². The quantitative estimate of drug-likeness (QED) is 0.560. The van der Waals surface area contributed by atoms with Crippen LogP contribution in [-0.2, 0) is 6.54 Å². The first-order chi connectivity index (χ1) is 16.5. The molecular formula is C23H24F4N6O2. The van der Waals surface area contributed by atoms with Crippen LogP contribution in [0.5, 0.6) is 5.75 Å². The Morgan fingerprint density at radius 1 is 1.20 bits per heavy atom. The Morgan fingerprint density at radius 3 is 2.66 bits per heavy atom. The average molecular weight is 492 g/mol.